The van der Waals surface area contributed by atoms with E-state index in [1.807, 2.05) is 32.0 Å². The molecule has 2 rings (SSSR count). The molecule has 2 N–H and O–H groups in total. The maximum Gasteiger partial charge on any atom is 0.243 e. The van der Waals surface area contributed by atoms with Gasteiger partial charge in [0.25, 0.3) is 0 Å². The second-order valence-corrected chi connectivity index (χ2v) is 5.47. The largest absolute Gasteiger partial charge is 0.381 e. The van der Waals surface area contributed by atoms with E-state index < -0.39 is 0 Å². The molecule has 0 saturated carbocycles. The number of nitrogens with one attached hydrogen (secondary N) is 2. The lowest BCUT2D eigenvalue weighted by Crippen LogP contribution is -2.38. The fraction of sp³-hybridized carbons (Fsp3) is 0.500. The number of hydrogen-bond donors (Lipinski definition) is 2. The minimum atomic E-state index is -0.206. The van der Waals surface area contributed by atoms with Crippen LogP contribution in [0.25, 0.3) is 0 Å². The molecule has 1 aromatic carbocycles. The van der Waals surface area contributed by atoms with Crippen molar-refractivity contribution in [2.45, 2.75) is 26.7 Å². The van der Waals surface area contributed by atoms with Crippen LogP contribution >= 0.6 is 0 Å². The molecule has 1 aliphatic heterocycles. The van der Waals surface area contributed by atoms with Crippen LogP contribution in [-0.2, 0) is 14.3 Å². The molecule has 1 heterocycles. The van der Waals surface area contributed by atoms with Crippen LogP contribution in [0.4, 0.5) is 5.69 Å². The first-order valence-electron chi connectivity index (χ1n) is 7.29. The molecule has 0 atom stereocenters. The number of benzene rings is 1. The predicted octanol–water partition coefficient (Wildman–Crippen LogP) is 1.78. The Labute approximate surface area is 125 Å². The van der Waals surface area contributed by atoms with Crippen LogP contribution in [0.5, 0.6) is 0 Å². The van der Waals surface area contributed by atoms with Gasteiger partial charge in [0.2, 0.25) is 11.8 Å². The third-order valence-corrected chi connectivity index (χ3v) is 3.67. The molecule has 2 amide bonds. The Balaban J connectivity index is 1.80. The highest BCUT2D eigenvalue weighted by Crippen LogP contribution is 2.16. The van der Waals surface area contributed by atoms with Crippen LogP contribution in [0.15, 0.2) is 18.2 Å². The van der Waals surface area contributed by atoms with Crippen LogP contribution in [0.3, 0.4) is 0 Å². The van der Waals surface area contributed by atoms with Crippen molar-refractivity contribution < 1.29 is 14.3 Å². The minimum absolute atomic E-state index is 0.00348. The molecule has 0 aliphatic carbocycles. The van der Waals surface area contributed by atoms with Crippen molar-refractivity contribution in [1.29, 1.82) is 0 Å². The van der Waals surface area contributed by atoms with Crippen molar-refractivity contribution in [2.24, 2.45) is 5.92 Å². The zero-order valence-corrected chi connectivity index (χ0v) is 12.6. The van der Waals surface area contributed by atoms with Gasteiger partial charge < -0.3 is 15.4 Å². The highest BCUT2D eigenvalue weighted by molar-refractivity contribution is 5.95. The van der Waals surface area contributed by atoms with Gasteiger partial charge in [0, 0.05) is 24.8 Å². The average molecular weight is 290 g/mol. The summed E-state index contributed by atoms with van der Waals surface area (Å²) in [6.45, 7) is 5.19. The highest BCUT2D eigenvalue weighted by Gasteiger charge is 2.21. The van der Waals surface area contributed by atoms with Crippen LogP contribution < -0.4 is 10.6 Å². The number of rotatable bonds is 4. The lowest BCUT2D eigenvalue weighted by Gasteiger charge is -2.21. The fourth-order valence-electron chi connectivity index (χ4n) is 2.42. The summed E-state index contributed by atoms with van der Waals surface area (Å²) >= 11 is 0. The summed E-state index contributed by atoms with van der Waals surface area (Å²) < 4.78 is 5.22. The fourth-order valence-corrected chi connectivity index (χ4v) is 2.42. The first-order chi connectivity index (χ1) is 10.1. The molecule has 21 heavy (non-hydrogen) atoms. The summed E-state index contributed by atoms with van der Waals surface area (Å²) in [7, 11) is 0. The zero-order valence-electron chi connectivity index (χ0n) is 12.6. The monoisotopic (exact) mass is 290 g/mol. The van der Waals surface area contributed by atoms with Crippen molar-refractivity contribution in [3.63, 3.8) is 0 Å². The highest BCUT2D eigenvalue weighted by atomic mass is 16.5. The summed E-state index contributed by atoms with van der Waals surface area (Å²) in [5.74, 6) is -0.302. The van der Waals surface area contributed by atoms with Crippen molar-refractivity contribution in [3.05, 3.63) is 29.3 Å². The Bertz CT molecular complexity index is 522. The average Bonchev–Trinajstić information content (AvgIpc) is 2.48. The zero-order chi connectivity index (χ0) is 15.2. The van der Waals surface area contributed by atoms with Gasteiger partial charge in [-0.2, -0.15) is 0 Å². The summed E-state index contributed by atoms with van der Waals surface area (Å²) in [4.78, 5) is 23.8. The molecule has 0 unspecified atom stereocenters. The van der Waals surface area contributed by atoms with Crippen LogP contribution in [-0.4, -0.2) is 31.6 Å². The van der Waals surface area contributed by atoms with Crippen LogP contribution in [0, 0.1) is 19.8 Å². The van der Waals surface area contributed by atoms with Crippen molar-refractivity contribution >= 4 is 17.5 Å². The van der Waals surface area contributed by atoms with Gasteiger partial charge in [-0.05, 0) is 38.3 Å². The number of carbonyl (C=O) groups is 2. The number of anilines is 1. The quantitative estimate of drug-likeness (QED) is 0.888. The van der Waals surface area contributed by atoms with Crippen molar-refractivity contribution in [1.82, 2.24) is 5.32 Å². The van der Waals surface area contributed by atoms with Gasteiger partial charge in [-0.15, -0.1) is 0 Å². The Hall–Kier alpha value is -1.88. The lowest BCUT2D eigenvalue weighted by atomic mass is 9.99. The van der Waals surface area contributed by atoms with Gasteiger partial charge in [-0.1, -0.05) is 17.7 Å². The van der Waals surface area contributed by atoms with E-state index in [-0.39, 0.29) is 24.3 Å². The molecule has 114 valence electrons. The van der Waals surface area contributed by atoms with E-state index in [0.29, 0.717) is 13.2 Å². The molecule has 0 spiro atoms. The maximum atomic E-state index is 11.9. The maximum absolute atomic E-state index is 11.9. The number of amides is 2. The van der Waals surface area contributed by atoms with Gasteiger partial charge in [-0.25, -0.2) is 0 Å². The molecule has 1 aromatic rings. The van der Waals surface area contributed by atoms with Crippen molar-refractivity contribution in [2.75, 3.05) is 25.1 Å². The Kier molecular flexibility index (Phi) is 5.33. The summed E-state index contributed by atoms with van der Waals surface area (Å²) in [5, 5.41) is 5.51. The number of hydrogen-bond acceptors (Lipinski definition) is 3. The van der Waals surface area contributed by atoms with E-state index in [1.165, 1.54) is 0 Å². The molecule has 0 bridgehead atoms. The number of aryl methyl sites for hydroxylation is 2. The molecular formula is C16H22N2O3. The molecule has 0 aromatic heterocycles. The normalized spacial score (nSPS) is 15.5. The molecule has 0 radical (unpaired) electrons. The van der Waals surface area contributed by atoms with E-state index >= 15 is 0 Å². The molecule has 1 fully saturated rings. The Morgan fingerprint density at radius 2 is 1.95 bits per heavy atom. The third-order valence-electron chi connectivity index (χ3n) is 3.67. The lowest BCUT2D eigenvalue weighted by molar-refractivity contribution is -0.129. The van der Waals surface area contributed by atoms with Crippen molar-refractivity contribution in [3.8, 4) is 0 Å². The van der Waals surface area contributed by atoms with E-state index in [0.717, 1.165) is 29.7 Å². The van der Waals surface area contributed by atoms with Gasteiger partial charge in [-0.3, -0.25) is 9.59 Å². The predicted molar refractivity (Wildman–Crippen MR) is 81.1 cm³/mol. The molecule has 1 saturated heterocycles. The summed E-state index contributed by atoms with van der Waals surface area (Å²) in [5.41, 5.74) is 2.95. The van der Waals surface area contributed by atoms with Crippen LogP contribution in [0.2, 0.25) is 0 Å². The first kappa shape index (κ1) is 15.5. The Morgan fingerprint density at radius 3 is 2.62 bits per heavy atom. The second kappa shape index (κ2) is 7.22. The number of ether oxygens (including phenoxy) is 1. The smallest absolute Gasteiger partial charge is 0.243 e. The van der Waals surface area contributed by atoms with Gasteiger partial charge in [0.05, 0.1) is 6.54 Å². The standard InChI is InChI=1S/C16H22N2O3/c1-11-3-4-14(12(2)9-11)18-15(19)10-17-16(20)13-5-7-21-8-6-13/h3-4,9,13H,5-8,10H2,1-2H3,(H,17,20)(H,18,19). The van der Waals surface area contributed by atoms with Gasteiger partial charge in [0.15, 0.2) is 0 Å². The topological polar surface area (TPSA) is 67.4 Å². The third kappa shape index (κ3) is 4.56. The van der Waals surface area contributed by atoms with E-state index in [4.69, 9.17) is 4.74 Å². The first-order valence-corrected chi connectivity index (χ1v) is 7.29. The summed E-state index contributed by atoms with van der Waals surface area (Å²) in [6, 6.07) is 5.84. The van der Waals surface area contributed by atoms with E-state index in [1.54, 1.807) is 0 Å². The SMILES string of the molecule is Cc1ccc(NC(=O)CNC(=O)C2CCOCC2)c(C)c1. The second-order valence-electron chi connectivity index (χ2n) is 5.47. The van der Waals surface area contributed by atoms with Crippen LogP contribution in [0.1, 0.15) is 24.0 Å². The molecule has 5 heteroatoms. The summed E-state index contributed by atoms with van der Waals surface area (Å²) in [6.07, 6.45) is 1.45. The number of carbonyl (C=O) groups excluding carboxylic acids is 2. The van der Waals surface area contributed by atoms with E-state index in [9.17, 15) is 9.59 Å². The Morgan fingerprint density at radius 1 is 1.24 bits per heavy atom. The molecule has 1 aliphatic rings. The van der Waals surface area contributed by atoms with Gasteiger partial charge in [0.1, 0.15) is 0 Å². The van der Waals surface area contributed by atoms with E-state index in [2.05, 4.69) is 10.6 Å². The molecule has 5 nitrogen and oxygen atoms in total. The van der Waals surface area contributed by atoms with Gasteiger partial charge >= 0.3 is 0 Å². The minimum Gasteiger partial charge on any atom is -0.381 e. The molecular weight excluding hydrogens is 268 g/mol.